The van der Waals surface area contributed by atoms with Crippen LogP contribution in [-0.2, 0) is 0 Å². The maximum atomic E-state index is 13.0. The van der Waals surface area contributed by atoms with E-state index in [0.29, 0.717) is 23.8 Å². The lowest BCUT2D eigenvalue weighted by molar-refractivity contribution is 0.108. The highest BCUT2D eigenvalue weighted by atomic mass is 35.5. The van der Waals surface area contributed by atoms with Crippen molar-refractivity contribution in [2.45, 2.75) is 59.3 Å². The van der Waals surface area contributed by atoms with Crippen LogP contribution in [0, 0.1) is 6.92 Å². The van der Waals surface area contributed by atoms with Crippen LogP contribution in [0.1, 0.15) is 68.3 Å². The number of ether oxygens (including phenoxy) is 2. The van der Waals surface area contributed by atoms with Crippen LogP contribution in [0.3, 0.4) is 0 Å². The Morgan fingerprint density at radius 2 is 1.66 bits per heavy atom. The molecule has 0 saturated carbocycles. The molecule has 0 amide bonds. The Morgan fingerprint density at radius 3 is 2.31 bits per heavy atom. The van der Waals surface area contributed by atoms with Crippen molar-refractivity contribution in [3.8, 4) is 11.5 Å². The quantitative estimate of drug-likeness (QED) is 0.253. The lowest BCUT2D eigenvalue weighted by Crippen LogP contribution is -2.10. The first-order valence-electron chi connectivity index (χ1n) is 10.5. The van der Waals surface area contributed by atoms with Crippen LogP contribution in [0.15, 0.2) is 36.4 Å². The van der Waals surface area contributed by atoms with Crippen molar-refractivity contribution in [1.82, 2.24) is 0 Å². The third-order valence-electron chi connectivity index (χ3n) is 4.67. The maximum Gasteiger partial charge on any atom is 0.187 e. The first kappa shape index (κ1) is 23.7. The van der Waals surface area contributed by atoms with E-state index in [1.54, 1.807) is 6.07 Å². The smallest absolute Gasteiger partial charge is 0.187 e. The van der Waals surface area contributed by atoms with Gasteiger partial charge < -0.3 is 9.47 Å². The number of carbonyl (C=O) groups excluding carboxylic acids is 1. The highest BCUT2D eigenvalue weighted by Gasteiger charge is 2.17. The van der Waals surface area contributed by atoms with Gasteiger partial charge in [-0.15, -0.1) is 0 Å². The molecule has 0 aliphatic rings. The fourth-order valence-corrected chi connectivity index (χ4v) is 4.52. The van der Waals surface area contributed by atoms with Gasteiger partial charge in [0, 0.05) is 16.9 Å². The first-order valence-corrected chi connectivity index (χ1v) is 11.9. The fourth-order valence-electron chi connectivity index (χ4n) is 3.00. The van der Waals surface area contributed by atoms with E-state index in [1.165, 1.54) is 6.42 Å². The SMILES string of the molecule is CCCCCOc1ccc(PC(=O)c2c(C)cccc2Cl)c(OCCCCC)c1. The molecule has 5 heteroatoms. The number of carbonyl (C=O) groups is 1. The molecule has 1 unspecified atom stereocenters. The molecular weight excluding hydrogens is 403 g/mol. The average Bonchev–Trinajstić information content (AvgIpc) is 2.70. The Labute approximate surface area is 181 Å². The number of hydrogen-bond donors (Lipinski definition) is 0. The van der Waals surface area contributed by atoms with Crippen molar-refractivity contribution in [1.29, 1.82) is 0 Å². The monoisotopic (exact) mass is 434 g/mol. The van der Waals surface area contributed by atoms with Crippen LogP contribution in [0.4, 0.5) is 0 Å². The topological polar surface area (TPSA) is 35.5 Å². The molecule has 0 radical (unpaired) electrons. The Balaban J connectivity index is 2.16. The number of rotatable bonds is 13. The summed E-state index contributed by atoms with van der Waals surface area (Å²) in [6, 6.07) is 11.4. The molecule has 0 aliphatic heterocycles. The third kappa shape index (κ3) is 7.64. The summed E-state index contributed by atoms with van der Waals surface area (Å²) < 4.78 is 11.9. The number of unbranched alkanes of at least 4 members (excludes halogenated alkanes) is 4. The Hall–Kier alpha value is -1.57. The molecule has 158 valence electrons. The minimum Gasteiger partial charge on any atom is -0.493 e. The molecule has 1 atom stereocenters. The van der Waals surface area contributed by atoms with E-state index >= 15 is 0 Å². The highest BCUT2D eigenvalue weighted by molar-refractivity contribution is 7.66. The normalized spacial score (nSPS) is 11.2. The first-order chi connectivity index (χ1) is 14.1. The van der Waals surface area contributed by atoms with Crippen molar-refractivity contribution in [2.24, 2.45) is 0 Å². The van der Waals surface area contributed by atoms with Crippen molar-refractivity contribution in [3.05, 3.63) is 52.5 Å². The second-order valence-electron chi connectivity index (χ2n) is 7.15. The van der Waals surface area contributed by atoms with Crippen molar-refractivity contribution < 1.29 is 14.3 Å². The molecule has 0 aromatic heterocycles. The van der Waals surface area contributed by atoms with Gasteiger partial charge in [-0.25, -0.2) is 0 Å². The van der Waals surface area contributed by atoms with Crippen LogP contribution < -0.4 is 14.8 Å². The Kier molecular flexibility index (Phi) is 10.5. The zero-order valence-electron chi connectivity index (χ0n) is 17.7. The van der Waals surface area contributed by atoms with E-state index in [9.17, 15) is 4.79 Å². The Morgan fingerprint density at radius 1 is 0.966 bits per heavy atom. The van der Waals surface area contributed by atoms with Crippen LogP contribution in [-0.4, -0.2) is 18.7 Å². The number of halogens is 1. The van der Waals surface area contributed by atoms with E-state index in [1.807, 2.05) is 37.3 Å². The van der Waals surface area contributed by atoms with Gasteiger partial charge in [0.25, 0.3) is 0 Å². The highest BCUT2D eigenvalue weighted by Crippen LogP contribution is 2.31. The molecule has 0 spiro atoms. The predicted octanol–water partition coefficient (Wildman–Crippen LogP) is 6.93. The van der Waals surface area contributed by atoms with Gasteiger partial charge in [-0.05, 0) is 52.1 Å². The van der Waals surface area contributed by atoms with E-state index in [-0.39, 0.29) is 14.1 Å². The second kappa shape index (κ2) is 12.9. The van der Waals surface area contributed by atoms with Gasteiger partial charge in [0.05, 0.1) is 18.2 Å². The molecule has 0 saturated heterocycles. The van der Waals surface area contributed by atoms with E-state index in [4.69, 9.17) is 21.1 Å². The van der Waals surface area contributed by atoms with E-state index < -0.39 is 0 Å². The van der Waals surface area contributed by atoms with Gasteiger partial charge in [0.1, 0.15) is 11.5 Å². The summed E-state index contributed by atoms with van der Waals surface area (Å²) >= 11 is 6.29. The maximum absolute atomic E-state index is 13.0. The summed E-state index contributed by atoms with van der Waals surface area (Å²) in [5, 5.41) is 1.40. The van der Waals surface area contributed by atoms with Crippen LogP contribution in [0.25, 0.3) is 0 Å². The molecule has 0 bridgehead atoms. The average molecular weight is 435 g/mol. The molecule has 3 nitrogen and oxygen atoms in total. The molecule has 29 heavy (non-hydrogen) atoms. The van der Waals surface area contributed by atoms with Crippen LogP contribution in [0.5, 0.6) is 11.5 Å². The summed E-state index contributed by atoms with van der Waals surface area (Å²) in [6.45, 7) is 7.60. The second-order valence-corrected chi connectivity index (χ2v) is 8.80. The zero-order valence-corrected chi connectivity index (χ0v) is 19.5. The summed E-state index contributed by atoms with van der Waals surface area (Å²) in [5.41, 5.74) is 1.53. The minimum atomic E-state index is -0.0457. The molecule has 0 fully saturated rings. The lowest BCUT2D eigenvalue weighted by atomic mass is 10.1. The summed E-state index contributed by atoms with van der Waals surface area (Å²) in [6.07, 6.45) is 6.63. The summed E-state index contributed by atoms with van der Waals surface area (Å²) in [5.74, 6) is 1.53. The van der Waals surface area contributed by atoms with Gasteiger partial charge in [-0.1, -0.05) is 63.3 Å². The third-order valence-corrected chi connectivity index (χ3v) is 6.15. The Bertz CT molecular complexity index is 771. The predicted molar refractivity (Wildman–Crippen MR) is 125 cm³/mol. The lowest BCUT2D eigenvalue weighted by Gasteiger charge is -2.14. The number of aryl methyl sites for hydroxylation is 1. The van der Waals surface area contributed by atoms with Crippen molar-refractivity contribution >= 4 is 31.0 Å². The molecule has 0 N–H and O–H groups in total. The number of hydrogen-bond acceptors (Lipinski definition) is 3. The molecule has 2 aromatic carbocycles. The van der Waals surface area contributed by atoms with Crippen molar-refractivity contribution in [2.75, 3.05) is 13.2 Å². The fraction of sp³-hybridized carbons (Fsp3) is 0.458. The number of benzene rings is 2. The molecular formula is C24H32ClO3P. The van der Waals surface area contributed by atoms with Crippen LogP contribution in [0.2, 0.25) is 5.02 Å². The molecule has 2 aromatic rings. The van der Waals surface area contributed by atoms with Gasteiger partial charge in [-0.2, -0.15) is 0 Å². The van der Waals surface area contributed by atoms with Gasteiger partial charge in [0.2, 0.25) is 0 Å². The van der Waals surface area contributed by atoms with E-state index in [2.05, 4.69) is 13.8 Å². The summed E-state index contributed by atoms with van der Waals surface area (Å²) in [4.78, 5) is 13.0. The van der Waals surface area contributed by atoms with Crippen LogP contribution >= 0.6 is 20.2 Å². The molecule has 0 aliphatic carbocycles. The van der Waals surface area contributed by atoms with Gasteiger partial charge in [-0.3, -0.25) is 4.79 Å². The molecule has 2 rings (SSSR count). The standard InChI is InChI=1S/C24H32ClO3P/c1-4-6-8-15-27-19-13-14-22(21(17-19)28-16-9-7-5-2)29-24(26)23-18(3)11-10-12-20(23)25/h10-14,17,29H,4-9,15-16H2,1-3H3. The van der Waals surface area contributed by atoms with Gasteiger partial charge >= 0.3 is 0 Å². The van der Waals surface area contributed by atoms with Crippen molar-refractivity contribution in [3.63, 3.8) is 0 Å². The zero-order chi connectivity index (χ0) is 21.1. The van der Waals surface area contributed by atoms with Gasteiger partial charge in [0.15, 0.2) is 5.52 Å². The minimum absolute atomic E-state index is 0.0307. The molecule has 0 heterocycles. The largest absolute Gasteiger partial charge is 0.493 e. The summed E-state index contributed by atoms with van der Waals surface area (Å²) in [7, 11) is -0.0457. The van der Waals surface area contributed by atoms with E-state index in [0.717, 1.165) is 54.5 Å².